The Kier molecular flexibility index (Phi) is 4.71. The molecular weight excluding hydrogens is 353 g/mol. The van der Waals surface area contributed by atoms with E-state index in [2.05, 4.69) is 10.2 Å². The van der Waals surface area contributed by atoms with Crippen LogP contribution in [-0.4, -0.2) is 14.8 Å². The lowest BCUT2D eigenvalue weighted by Crippen LogP contribution is -2.11. The average Bonchev–Trinajstić information content (AvgIpc) is 2.92. The van der Waals surface area contributed by atoms with E-state index in [1.807, 2.05) is 41.8 Å². The molecule has 1 atom stereocenters. The maximum atomic E-state index is 6.16. The van der Waals surface area contributed by atoms with Gasteiger partial charge in [-0.15, -0.1) is 0 Å². The van der Waals surface area contributed by atoms with Crippen molar-refractivity contribution in [1.29, 1.82) is 0 Å². The molecule has 3 rings (SSSR count). The minimum absolute atomic E-state index is 0.359. The van der Waals surface area contributed by atoms with Gasteiger partial charge in [-0.1, -0.05) is 41.4 Å². The molecule has 0 saturated heterocycles. The Balaban J connectivity index is 1.95. The van der Waals surface area contributed by atoms with Gasteiger partial charge in [-0.05, 0) is 49.5 Å². The summed E-state index contributed by atoms with van der Waals surface area (Å²) < 4.78 is 8.26. The molecule has 0 saturated carbocycles. The molecule has 0 radical (unpaired) electrons. The van der Waals surface area contributed by atoms with Crippen molar-refractivity contribution >= 4 is 35.4 Å². The van der Waals surface area contributed by atoms with Gasteiger partial charge in [0.05, 0.1) is 5.02 Å². The monoisotopic (exact) mass is 365 g/mol. The summed E-state index contributed by atoms with van der Waals surface area (Å²) in [6, 6.07) is 14.8. The van der Waals surface area contributed by atoms with E-state index in [0.29, 0.717) is 26.4 Å². The number of nitrogens with one attached hydrogen (secondary N) is 1. The maximum absolute atomic E-state index is 6.16. The van der Waals surface area contributed by atoms with E-state index in [1.54, 1.807) is 18.2 Å². The molecule has 0 aliphatic carbocycles. The second-order valence-corrected chi connectivity index (χ2v) is 6.12. The Morgan fingerprint density at radius 2 is 1.91 bits per heavy atom. The highest BCUT2D eigenvalue weighted by atomic mass is 35.5. The highest BCUT2D eigenvalue weighted by Gasteiger charge is 2.18. The SMILES string of the molecule is C[C@H](Oc1ccc(Cl)cc1Cl)c1n[nH]c(=S)n1-c1ccccc1. The van der Waals surface area contributed by atoms with Gasteiger partial charge in [0.2, 0.25) is 0 Å². The third kappa shape index (κ3) is 3.42. The van der Waals surface area contributed by atoms with Crippen molar-refractivity contribution in [3.63, 3.8) is 0 Å². The lowest BCUT2D eigenvalue weighted by molar-refractivity contribution is 0.214. The van der Waals surface area contributed by atoms with Crippen LogP contribution in [0.25, 0.3) is 5.69 Å². The Bertz CT molecular complexity index is 877. The largest absolute Gasteiger partial charge is 0.481 e. The zero-order chi connectivity index (χ0) is 16.4. The first-order chi connectivity index (χ1) is 11.1. The molecule has 1 aromatic heterocycles. The van der Waals surface area contributed by atoms with E-state index in [4.69, 9.17) is 40.2 Å². The molecule has 0 fully saturated rings. The van der Waals surface area contributed by atoms with Crippen LogP contribution in [0.3, 0.4) is 0 Å². The van der Waals surface area contributed by atoms with Crippen molar-refractivity contribution in [2.75, 3.05) is 0 Å². The van der Waals surface area contributed by atoms with Gasteiger partial charge in [-0.25, -0.2) is 0 Å². The number of H-pyrrole nitrogens is 1. The van der Waals surface area contributed by atoms with Gasteiger partial charge in [-0.3, -0.25) is 9.67 Å². The number of nitrogens with zero attached hydrogens (tertiary/aromatic N) is 2. The van der Waals surface area contributed by atoms with Gasteiger partial charge in [0.25, 0.3) is 0 Å². The first kappa shape index (κ1) is 16.1. The summed E-state index contributed by atoms with van der Waals surface area (Å²) in [4.78, 5) is 0. The molecule has 7 heteroatoms. The van der Waals surface area contributed by atoms with Crippen LogP contribution in [0.4, 0.5) is 0 Å². The molecular formula is C16H13Cl2N3OS. The Labute approximate surface area is 148 Å². The molecule has 4 nitrogen and oxygen atoms in total. The number of rotatable bonds is 4. The summed E-state index contributed by atoms with van der Waals surface area (Å²) >= 11 is 17.4. The number of para-hydroxylation sites is 1. The van der Waals surface area contributed by atoms with E-state index in [1.165, 1.54) is 0 Å². The fourth-order valence-electron chi connectivity index (χ4n) is 2.22. The van der Waals surface area contributed by atoms with Crippen LogP contribution in [0.5, 0.6) is 5.75 Å². The number of halogens is 2. The molecule has 0 amide bonds. The van der Waals surface area contributed by atoms with Crippen LogP contribution >= 0.6 is 35.4 Å². The number of ether oxygens (including phenoxy) is 1. The predicted molar refractivity (Wildman–Crippen MR) is 94.3 cm³/mol. The van der Waals surface area contributed by atoms with Crippen molar-refractivity contribution in [1.82, 2.24) is 14.8 Å². The molecule has 118 valence electrons. The average molecular weight is 366 g/mol. The van der Waals surface area contributed by atoms with E-state index in [9.17, 15) is 0 Å². The van der Waals surface area contributed by atoms with E-state index >= 15 is 0 Å². The van der Waals surface area contributed by atoms with Gasteiger partial charge in [0.15, 0.2) is 16.7 Å². The first-order valence-electron chi connectivity index (χ1n) is 6.90. The second-order valence-electron chi connectivity index (χ2n) is 4.89. The van der Waals surface area contributed by atoms with Gasteiger partial charge >= 0.3 is 0 Å². The molecule has 0 unspecified atom stereocenters. The molecule has 0 bridgehead atoms. The number of hydrogen-bond donors (Lipinski definition) is 1. The molecule has 0 aliphatic rings. The normalized spacial score (nSPS) is 12.1. The van der Waals surface area contributed by atoms with Crippen LogP contribution in [0.15, 0.2) is 48.5 Å². The highest BCUT2D eigenvalue weighted by molar-refractivity contribution is 7.71. The fourth-order valence-corrected chi connectivity index (χ4v) is 2.92. The van der Waals surface area contributed by atoms with Gasteiger partial charge < -0.3 is 4.74 Å². The fraction of sp³-hybridized carbons (Fsp3) is 0.125. The molecule has 2 aromatic carbocycles. The molecule has 1 heterocycles. The van der Waals surface area contributed by atoms with Crippen LogP contribution in [0, 0.1) is 4.77 Å². The molecule has 0 spiro atoms. The number of hydrogen-bond acceptors (Lipinski definition) is 3. The third-order valence-corrected chi connectivity index (χ3v) is 4.08. The zero-order valence-corrected chi connectivity index (χ0v) is 14.5. The van der Waals surface area contributed by atoms with Crippen molar-refractivity contribution in [3.8, 4) is 11.4 Å². The third-order valence-electron chi connectivity index (χ3n) is 3.27. The van der Waals surface area contributed by atoms with Gasteiger partial charge in [0, 0.05) is 10.7 Å². The zero-order valence-electron chi connectivity index (χ0n) is 12.2. The first-order valence-corrected chi connectivity index (χ1v) is 8.07. The van der Waals surface area contributed by atoms with Crippen LogP contribution in [-0.2, 0) is 0 Å². The Hall–Kier alpha value is -1.82. The summed E-state index contributed by atoms with van der Waals surface area (Å²) in [5.74, 6) is 1.20. The number of aromatic amines is 1. The number of benzene rings is 2. The summed E-state index contributed by atoms with van der Waals surface area (Å²) in [5, 5.41) is 8.10. The standard InChI is InChI=1S/C16H13Cl2N3OS/c1-10(22-14-8-7-11(17)9-13(14)18)15-19-20-16(23)21(15)12-5-3-2-4-6-12/h2-10H,1H3,(H,20,23)/t10-/m0/s1. The maximum Gasteiger partial charge on any atom is 0.199 e. The van der Waals surface area contributed by atoms with Crippen molar-refractivity contribution < 1.29 is 4.74 Å². The van der Waals surface area contributed by atoms with Gasteiger partial charge in [0.1, 0.15) is 5.75 Å². The molecule has 23 heavy (non-hydrogen) atoms. The van der Waals surface area contributed by atoms with E-state index in [0.717, 1.165) is 5.69 Å². The predicted octanol–water partition coefficient (Wildman–Crippen LogP) is 5.38. The van der Waals surface area contributed by atoms with Crippen molar-refractivity contribution in [2.24, 2.45) is 0 Å². The van der Waals surface area contributed by atoms with Crippen LogP contribution < -0.4 is 4.74 Å². The summed E-state index contributed by atoms with van der Waals surface area (Å²) in [6.45, 7) is 1.88. The summed E-state index contributed by atoms with van der Waals surface area (Å²) in [5.41, 5.74) is 0.916. The molecule has 0 aliphatic heterocycles. The van der Waals surface area contributed by atoms with E-state index < -0.39 is 0 Å². The molecule has 3 aromatic rings. The van der Waals surface area contributed by atoms with E-state index in [-0.39, 0.29) is 6.10 Å². The minimum atomic E-state index is -0.359. The highest BCUT2D eigenvalue weighted by Crippen LogP contribution is 2.31. The molecule has 1 N–H and O–H groups in total. The Morgan fingerprint density at radius 3 is 2.61 bits per heavy atom. The minimum Gasteiger partial charge on any atom is -0.481 e. The topological polar surface area (TPSA) is 42.8 Å². The van der Waals surface area contributed by atoms with Gasteiger partial charge in [-0.2, -0.15) is 5.10 Å². The van der Waals surface area contributed by atoms with Crippen molar-refractivity contribution in [2.45, 2.75) is 13.0 Å². The lowest BCUT2D eigenvalue weighted by atomic mass is 10.3. The quantitative estimate of drug-likeness (QED) is 0.631. The number of aromatic nitrogens is 3. The smallest absolute Gasteiger partial charge is 0.199 e. The van der Waals surface area contributed by atoms with Crippen LogP contribution in [0.1, 0.15) is 18.9 Å². The Morgan fingerprint density at radius 1 is 1.17 bits per heavy atom. The lowest BCUT2D eigenvalue weighted by Gasteiger charge is -2.16. The van der Waals surface area contributed by atoms with Crippen molar-refractivity contribution in [3.05, 3.63) is 69.2 Å². The second kappa shape index (κ2) is 6.74. The summed E-state index contributed by atoms with van der Waals surface area (Å²) in [6.07, 6.45) is -0.359. The summed E-state index contributed by atoms with van der Waals surface area (Å²) in [7, 11) is 0. The van der Waals surface area contributed by atoms with Crippen LogP contribution in [0.2, 0.25) is 10.0 Å².